The van der Waals surface area contributed by atoms with Gasteiger partial charge in [-0.15, -0.1) is 0 Å². The zero-order valence-corrected chi connectivity index (χ0v) is 8.69. The topological polar surface area (TPSA) is 34.1 Å². The molecule has 0 N–H and O–H groups in total. The summed E-state index contributed by atoms with van der Waals surface area (Å²) in [5.41, 5.74) is 0. The third-order valence-corrected chi connectivity index (χ3v) is 0. The van der Waals surface area contributed by atoms with Gasteiger partial charge in [-0.05, 0) is 13.8 Å². The fourth-order valence-corrected chi connectivity index (χ4v) is 0. The molecule has 0 aliphatic carbocycles. The Hall–Kier alpha value is 0.139. The molecule has 8 heavy (non-hydrogen) atoms. The van der Waals surface area contributed by atoms with Crippen LogP contribution < -0.4 is 0 Å². The van der Waals surface area contributed by atoms with E-state index in [9.17, 15) is 9.59 Å². The Kier molecular flexibility index (Phi) is 9.82. The molecule has 0 rings (SSSR count). The average molecular weight is 221 g/mol. The Morgan fingerprint density at radius 2 is 1.12 bits per heavy atom. The first-order valence-corrected chi connectivity index (χ1v) is 3.84. The first-order chi connectivity index (χ1) is 3.46. The molecule has 0 saturated heterocycles. The van der Waals surface area contributed by atoms with Crippen molar-refractivity contribution < 1.29 is 9.59 Å². The molecular weight excluding hydrogens is 211 g/mol. The Morgan fingerprint density at radius 1 is 1.12 bits per heavy atom. The maximum absolute atomic E-state index is 9.50. The van der Waals surface area contributed by atoms with Crippen molar-refractivity contribution in [1.29, 1.82) is 0 Å². The van der Waals surface area contributed by atoms with Crippen molar-refractivity contribution in [3.63, 3.8) is 0 Å². The van der Waals surface area contributed by atoms with Crippen LogP contribution in [0, 0.1) is 0 Å². The van der Waals surface area contributed by atoms with Gasteiger partial charge >= 0.3 is 38.0 Å². The molecule has 0 saturated carbocycles. The van der Waals surface area contributed by atoms with Crippen molar-refractivity contribution in [2.45, 2.75) is 20.8 Å². The van der Waals surface area contributed by atoms with Gasteiger partial charge in [-0.1, -0.05) is 0 Å². The maximum atomic E-state index is 9.50. The molecule has 0 amide bonds. The summed E-state index contributed by atoms with van der Waals surface area (Å²) in [4.78, 5) is 18.9. The molecule has 0 bridgehead atoms. The summed E-state index contributed by atoms with van der Waals surface area (Å²) in [5, 5.41) is 0. The molecule has 0 aliphatic heterocycles. The molecule has 0 heterocycles. The predicted octanol–water partition coefficient (Wildman–Crippen LogP) is 0.0290. The molecule has 0 aliphatic rings. The van der Waals surface area contributed by atoms with Crippen LogP contribution in [0.25, 0.3) is 0 Å². The zero-order valence-electron chi connectivity index (χ0n) is 5.39. The summed E-state index contributed by atoms with van der Waals surface area (Å²) in [5.74, 6) is 0.167. The molecule has 0 atom stereocenters. The second-order valence-electron chi connectivity index (χ2n) is 1.52. The van der Waals surface area contributed by atoms with Crippen molar-refractivity contribution >= 4 is 32.1 Å². The fourth-order valence-electron chi connectivity index (χ4n) is 0. The Morgan fingerprint density at radius 3 is 1.12 bits per heavy atom. The summed E-state index contributed by atoms with van der Waals surface area (Å²) in [6.07, 6.45) is 0. The number of carbonyl (C=O) groups is 2. The fraction of sp³-hybridized carbons (Fsp3) is 0.600. The monoisotopic (exact) mass is 222 g/mol. The number of Topliss-reactive ketones (excluding diaryl/α,β-unsaturated/α-hetero) is 1. The molecule has 3 heteroatoms. The molecule has 46 valence electrons. The third kappa shape index (κ3) is 8430. The number of hydrogen-bond acceptors (Lipinski definition) is 2. The number of carbonyl (C=O) groups excluding carboxylic acids is 2. The van der Waals surface area contributed by atoms with Crippen LogP contribution in [0.3, 0.4) is 0 Å². The van der Waals surface area contributed by atoms with Crippen LogP contribution in [-0.2, 0) is 9.59 Å². The van der Waals surface area contributed by atoms with Gasteiger partial charge in [0.2, 0.25) is 0 Å². The first-order valence-electron chi connectivity index (χ1n) is 2.20. The number of ketones is 1. The van der Waals surface area contributed by atoms with E-state index >= 15 is 0 Å². The number of hydrogen-bond donors (Lipinski definition) is 0. The van der Waals surface area contributed by atoms with E-state index in [-0.39, 0.29) is 5.78 Å². The van der Waals surface area contributed by atoms with Crippen LogP contribution in [0.15, 0.2) is 0 Å². The molecule has 0 aromatic heterocycles. The molecule has 0 aromatic carbocycles. The van der Waals surface area contributed by atoms with E-state index in [1.165, 1.54) is 13.8 Å². The summed E-state index contributed by atoms with van der Waals surface area (Å²) in [6, 6.07) is 0. The van der Waals surface area contributed by atoms with Crippen molar-refractivity contribution in [1.82, 2.24) is 0 Å². The Balaban J connectivity index is 0. The second kappa shape index (κ2) is 7.14. The molecule has 0 unspecified atom stereocenters. The molecule has 0 aromatic rings. The van der Waals surface area contributed by atoms with E-state index in [0.29, 0.717) is 3.80 Å². The van der Waals surface area contributed by atoms with E-state index in [1.807, 2.05) is 0 Å². The van der Waals surface area contributed by atoms with Crippen molar-refractivity contribution in [2.24, 2.45) is 0 Å². The van der Waals surface area contributed by atoms with Crippen LogP contribution in [0.4, 0.5) is 0 Å². The van der Waals surface area contributed by atoms with E-state index in [4.69, 9.17) is 0 Å². The van der Waals surface area contributed by atoms with Gasteiger partial charge in [0.15, 0.2) is 0 Å². The van der Waals surface area contributed by atoms with Crippen molar-refractivity contribution in [3.8, 4) is 0 Å². The van der Waals surface area contributed by atoms with Crippen LogP contribution in [0.2, 0.25) is 0 Å². The zero-order chi connectivity index (χ0) is 7.15. The molecule has 2 radical (unpaired) electrons. The standard InChI is InChI=1S/C3H6O.C2H3O.Sn.H/c1-3(2)4;1-2-3;;/h1-2H3;1H3;;. The molecule has 2 nitrogen and oxygen atoms in total. The van der Waals surface area contributed by atoms with Gasteiger partial charge in [0, 0.05) is 0 Å². The quantitative estimate of drug-likeness (QED) is 0.540. The molecule has 0 fully saturated rings. The normalized spacial score (nSPS) is 6.50. The second-order valence-corrected chi connectivity index (χ2v) is 3.84. The van der Waals surface area contributed by atoms with Gasteiger partial charge < -0.3 is 4.79 Å². The van der Waals surface area contributed by atoms with Gasteiger partial charge in [0.25, 0.3) is 0 Å². The van der Waals surface area contributed by atoms with E-state index < -0.39 is 0 Å². The van der Waals surface area contributed by atoms with Crippen LogP contribution in [0.1, 0.15) is 20.8 Å². The Bertz CT molecular complexity index is 68.4. The third-order valence-electron chi connectivity index (χ3n) is 0. The minimum atomic E-state index is 0.167. The predicted molar refractivity (Wildman–Crippen MR) is 34.2 cm³/mol. The van der Waals surface area contributed by atoms with E-state index in [2.05, 4.69) is 0 Å². The van der Waals surface area contributed by atoms with Gasteiger partial charge in [-0.3, -0.25) is 0 Å². The number of rotatable bonds is 0. The van der Waals surface area contributed by atoms with Crippen LogP contribution in [0.5, 0.6) is 0 Å². The summed E-state index contributed by atoms with van der Waals surface area (Å²) in [7, 11) is 0. The summed E-state index contributed by atoms with van der Waals surface area (Å²) in [6.45, 7) is 4.64. The molecule has 0 spiro atoms. The van der Waals surface area contributed by atoms with E-state index in [1.54, 1.807) is 6.92 Å². The van der Waals surface area contributed by atoms with Gasteiger partial charge in [-0.2, -0.15) is 0 Å². The Labute approximate surface area is 62.7 Å². The minimum absolute atomic E-state index is 0.167. The molecular formula is C5H10O2Sn. The van der Waals surface area contributed by atoms with E-state index in [0.717, 1.165) is 22.5 Å². The van der Waals surface area contributed by atoms with Gasteiger partial charge in [0.05, 0.1) is 0 Å². The average Bonchev–Trinajstić information content (AvgIpc) is 1.25. The van der Waals surface area contributed by atoms with Gasteiger partial charge in [0.1, 0.15) is 5.78 Å². The van der Waals surface area contributed by atoms with Crippen LogP contribution in [-0.4, -0.2) is 32.1 Å². The SMILES string of the molecule is CC(C)=O.C[C](=O)[SnH]. The van der Waals surface area contributed by atoms with Crippen molar-refractivity contribution in [3.05, 3.63) is 0 Å². The summed E-state index contributed by atoms with van der Waals surface area (Å²) >= 11 is 0.762. The van der Waals surface area contributed by atoms with Gasteiger partial charge in [-0.25, -0.2) is 0 Å². The first kappa shape index (κ1) is 11.0. The summed E-state index contributed by atoms with van der Waals surface area (Å²) < 4.78 is 0.297. The van der Waals surface area contributed by atoms with Crippen LogP contribution >= 0.6 is 0 Å². The van der Waals surface area contributed by atoms with Crippen molar-refractivity contribution in [2.75, 3.05) is 0 Å².